The number of benzene rings is 1. The van der Waals surface area contributed by atoms with Crippen LogP contribution in [-0.2, 0) is 11.9 Å². The standard InChI is InChI=1S/C13H7BrF5NS/c14-9-2-3-10(15)8(12(9)16)6-21-11-4-1-7(5-20-11)13(17,18)19/h1-5H,6H2. The fourth-order valence-corrected chi connectivity index (χ4v) is 2.70. The SMILES string of the molecule is Fc1ccc(Br)c(F)c1CSc1ccc(C(F)(F)F)cn1. The Morgan fingerprint density at radius 2 is 1.81 bits per heavy atom. The van der Waals surface area contributed by atoms with Crippen LogP contribution >= 0.6 is 27.7 Å². The second-order valence-electron chi connectivity index (χ2n) is 3.99. The summed E-state index contributed by atoms with van der Waals surface area (Å²) in [5, 5.41) is 0.252. The molecule has 0 bridgehead atoms. The minimum atomic E-state index is -4.46. The number of thioether (sulfide) groups is 1. The second kappa shape index (κ2) is 6.31. The molecule has 0 aliphatic heterocycles. The molecule has 21 heavy (non-hydrogen) atoms. The summed E-state index contributed by atoms with van der Waals surface area (Å²) in [6.45, 7) is 0. The van der Waals surface area contributed by atoms with Gasteiger partial charge in [0.05, 0.1) is 15.1 Å². The summed E-state index contributed by atoms with van der Waals surface area (Å²) in [5.74, 6) is -1.51. The van der Waals surface area contributed by atoms with E-state index in [1.165, 1.54) is 12.1 Å². The maximum Gasteiger partial charge on any atom is 0.417 e. The molecule has 0 aliphatic rings. The molecular formula is C13H7BrF5NS. The molecular weight excluding hydrogens is 377 g/mol. The Bertz CT molecular complexity index is 642. The van der Waals surface area contributed by atoms with Crippen LogP contribution in [0, 0.1) is 11.6 Å². The van der Waals surface area contributed by atoms with E-state index in [-0.39, 0.29) is 20.8 Å². The minimum Gasteiger partial charge on any atom is -0.249 e. The van der Waals surface area contributed by atoms with Gasteiger partial charge in [-0.1, -0.05) is 0 Å². The van der Waals surface area contributed by atoms with Crippen molar-refractivity contribution < 1.29 is 22.0 Å². The van der Waals surface area contributed by atoms with Crippen LogP contribution < -0.4 is 0 Å². The predicted molar refractivity (Wildman–Crippen MR) is 72.9 cm³/mol. The Labute approximate surface area is 129 Å². The number of hydrogen-bond donors (Lipinski definition) is 0. The molecule has 2 rings (SSSR count). The van der Waals surface area contributed by atoms with E-state index in [2.05, 4.69) is 20.9 Å². The molecule has 0 fully saturated rings. The van der Waals surface area contributed by atoms with Crippen LogP contribution in [0.2, 0.25) is 0 Å². The summed E-state index contributed by atoms with van der Waals surface area (Å²) in [6.07, 6.45) is -3.77. The van der Waals surface area contributed by atoms with Crippen LogP contribution in [0.1, 0.15) is 11.1 Å². The summed E-state index contributed by atoms with van der Waals surface area (Å²) in [6, 6.07) is 4.41. The largest absolute Gasteiger partial charge is 0.417 e. The Morgan fingerprint density at radius 1 is 1.10 bits per heavy atom. The van der Waals surface area contributed by atoms with Gasteiger partial charge in [-0.3, -0.25) is 0 Å². The first-order valence-corrected chi connectivity index (χ1v) is 7.35. The van der Waals surface area contributed by atoms with Gasteiger partial charge in [0.1, 0.15) is 11.6 Å². The lowest BCUT2D eigenvalue weighted by Crippen LogP contribution is -2.05. The lowest BCUT2D eigenvalue weighted by molar-refractivity contribution is -0.137. The molecule has 1 aromatic heterocycles. The smallest absolute Gasteiger partial charge is 0.249 e. The Balaban J connectivity index is 2.12. The highest BCUT2D eigenvalue weighted by molar-refractivity contribution is 9.10. The van der Waals surface area contributed by atoms with Crippen molar-refractivity contribution in [2.24, 2.45) is 0 Å². The van der Waals surface area contributed by atoms with Crippen molar-refractivity contribution in [3.63, 3.8) is 0 Å². The molecule has 0 saturated carbocycles. The quantitative estimate of drug-likeness (QED) is 0.398. The molecule has 112 valence electrons. The van der Waals surface area contributed by atoms with Gasteiger partial charge in [0.2, 0.25) is 0 Å². The van der Waals surface area contributed by atoms with Gasteiger partial charge in [-0.25, -0.2) is 13.8 Å². The van der Waals surface area contributed by atoms with Gasteiger partial charge >= 0.3 is 6.18 Å². The third-order valence-corrected chi connectivity index (χ3v) is 4.15. The average molecular weight is 384 g/mol. The fourth-order valence-electron chi connectivity index (χ4n) is 1.48. The summed E-state index contributed by atoms with van der Waals surface area (Å²) >= 11 is 3.90. The highest BCUT2D eigenvalue weighted by Gasteiger charge is 2.30. The fraction of sp³-hybridized carbons (Fsp3) is 0.154. The first kappa shape index (κ1) is 16.2. The summed E-state index contributed by atoms with van der Waals surface area (Å²) in [5.41, 5.74) is -1.03. The van der Waals surface area contributed by atoms with Crippen LogP contribution in [0.5, 0.6) is 0 Å². The van der Waals surface area contributed by atoms with Gasteiger partial charge in [-0.2, -0.15) is 13.2 Å². The first-order chi connectivity index (χ1) is 9.79. The molecule has 2 aromatic rings. The predicted octanol–water partition coefficient (Wildman–Crippen LogP) is 5.43. The molecule has 0 atom stereocenters. The number of hydrogen-bond acceptors (Lipinski definition) is 2. The normalized spacial score (nSPS) is 11.7. The van der Waals surface area contributed by atoms with E-state index in [4.69, 9.17) is 0 Å². The van der Waals surface area contributed by atoms with Crippen LogP contribution in [0.15, 0.2) is 40.0 Å². The van der Waals surface area contributed by atoms with Crippen molar-refractivity contribution in [1.29, 1.82) is 0 Å². The van der Waals surface area contributed by atoms with Crippen molar-refractivity contribution in [1.82, 2.24) is 4.98 Å². The molecule has 1 aromatic carbocycles. The lowest BCUT2D eigenvalue weighted by atomic mass is 10.2. The second-order valence-corrected chi connectivity index (χ2v) is 5.84. The minimum absolute atomic E-state index is 0.0739. The van der Waals surface area contributed by atoms with Gasteiger partial charge in [0.15, 0.2) is 0 Å². The Morgan fingerprint density at radius 3 is 2.38 bits per heavy atom. The van der Waals surface area contributed by atoms with Crippen molar-refractivity contribution in [2.75, 3.05) is 0 Å². The number of halogens is 6. The van der Waals surface area contributed by atoms with Gasteiger partial charge in [-0.05, 0) is 40.2 Å². The lowest BCUT2D eigenvalue weighted by Gasteiger charge is -2.08. The molecule has 0 radical (unpaired) electrons. The Hall–Kier alpha value is -1.15. The van der Waals surface area contributed by atoms with E-state index in [9.17, 15) is 22.0 Å². The maximum atomic E-state index is 13.7. The van der Waals surface area contributed by atoms with E-state index in [1.54, 1.807) is 0 Å². The molecule has 0 N–H and O–H groups in total. The molecule has 1 nitrogen and oxygen atoms in total. The molecule has 1 heterocycles. The number of rotatable bonds is 3. The van der Waals surface area contributed by atoms with E-state index < -0.39 is 23.4 Å². The third kappa shape index (κ3) is 3.94. The summed E-state index contributed by atoms with van der Waals surface area (Å²) < 4.78 is 64.5. The van der Waals surface area contributed by atoms with Crippen LogP contribution in [-0.4, -0.2) is 4.98 Å². The molecule has 0 unspecified atom stereocenters. The van der Waals surface area contributed by atoms with Crippen LogP contribution in [0.3, 0.4) is 0 Å². The average Bonchev–Trinajstić information content (AvgIpc) is 2.43. The van der Waals surface area contributed by atoms with E-state index in [0.29, 0.717) is 6.20 Å². The maximum absolute atomic E-state index is 13.7. The van der Waals surface area contributed by atoms with Crippen LogP contribution in [0.4, 0.5) is 22.0 Å². The van der Waals surface area contributed by atoms with E-state index >= 15 is 0 Å². The van der Waals surface area contributed by atoms with Crippen molar-refractivity contribution >= 4 is 27.7 Å². The van der Waals surface area contributed by atoms with E-state index in [0.717, 1.165) is 23.9 Å². The van der Waals surface area contributed by atoms with Crippen LogP contribution in [0.25, 0.3) is 0 Å². The highest BCUT2D eigenvalue weighted by atomic mass is 79.9. The summed E-state index contributed by atoms with van der Waals surface area (Å²) in [4.78, 5) is 3.63. The zero-order chi connectivity index (χ0) is 15.6. The molecule has 0 aliphatic carbocycles. The molecule has 0 spiro atoms. The number of pyridine rings is 1. The van der Waals surface area contributed by atoms with Crippen molar-refractivity contribution in [2.45, 2.75) is 17.0 Å². The van der Waals surface area contributed by atoms with Crippen molar-refractivity contribution in [3.8, 4) is 0 Å². The zero-order valence-electron chi connectivity index (χ0n) is 10.2. The van der Waals surface area contributed by atoms with Gasteiger partial charge in [0.25, 0.3) is 0 Å². The summed E-state index contributed by atoms with van der Waals surface area (Å²) in [7, 11) is 0. The van der Waals surface area contributed by atoms with E-state index in [1.807, 2.05) is 0 Å². The first-order valence-electron chi connectivity index (χ1n) is 5.57. The monoisotopic (exact) mass is 383 g/mol. The number of aromatic nitrogens is 1. The molecule has 0 saturated heterocycles. The topological polar surface area (TPSA) is 12.9 Å². The number of nitrogens with zero attached hydrogens (tertiary/aromatic N) is 1. The number of alkyl halides is 3. The third-order valence-electron chi connectivity index (χ3n) is 2.57. The zero-order valence-corrected chi connectivity index (χ0v) is 12.6. The highest BCUT2D eigenvalue weighted by Crippen LogP contribution is 2.31. The van der Waals surface area contributed by atoms with Gasteiger partial charge < -0.3 is 0 Å². The van der Waals surface area contributed by atoms with Crippen molar-refractivity contribution in [3.05, 3.63) is 57.7 Å². The van der Waals surface area contributed by atoms with Gasteiger partial charge in [0, 0.05) is 17.5 Å². The molecule has 0 amide bonds. The van der Waals surface area contributed by atoms with Gasteiger partial charge in [-0.15, -0.1) is 11.8 Å². The Kier molecular flexibility index (Phi) is 4.88. The molecule has 8 heteroatoms.